The van der Waals surface area contributed by atoms with E-state index in [9.17, 15) is 4.79 Å². The van der Waals surface area contributed by atoms with Gasteiger partial charge in [-0.15, -0.1) is 0 Å². The lowest BCUT2D eigenvalue weighted by Gasteiger charge is -2.20. The van der Waals surface area contributed by atoms with E-state index < -0.39 is 0 Å². The van der Waals surface area contributed by atoms with Crippen molar-refractivity contribution in [3.8, 4) is 0 Å². The Morgan fingerprint density at radius 1 is 1.11 bits per heavy atom. The number of aromatic nitrogens is 2. The second-order valence-corrected chi connectivity index (χ2v) is 7.97. The van der Waals surface area contributed by atoms with E-state index in [4.69, 9.17) is 4.98 Å². The summed E-state index contributed by atoms with van der Waals surface area (Å²) in [6.45, 7) is 8.30. The van der Waals surface area contributed by atoms with Gasteiger partial charge in [-0.1, -0.05) is 57.5 Å². The zero-order valence-electron chi connectivity index (χ0n) is 17.1. The molecular formula is C24H29N3O. The molecule has 3 aromatic rings. The summed E-state index contributed by atoms with van der Waals surface area (Å²) in [6.07, 6.45) is 2.59. The van der Waals surface area contributed by atoms with E-state index in [0.717, 1.165) is 36.4 Å². The summed E-state index contributed by atoms with van der Waals surface area (Å²) < 4.78 is 2.36. The summed E-state index contributed by atoms with van der Waals surface area (Å²) >= 11 is 0. The summed E-state index contributed by atoms with van der Waals surface area (Å²) in [5, 5.41) is 0. The number of nitrogens with zero attached hydrogens (tertiary/aromatic N) is 3. The second-order valence-electron chi connectivity index (χ2n) is 7.97. The molecule has 0 N–H and O–H groups in total. The zero-order valence-corrected chi connectivity index (χ0v) is 17.1. The van der Waals surface area contributed by atoms with Gasteiger partial charge in [0, 0.05) is 31.1 Å². The number of carbonyl (C=O) groups excluding carboxylic acids is 1. The van der Waals surface area contributed by atoms with Gasteiger partial charge in [-0.05, 0) is 36.1 Å². The molecule has 0 saturated carbocycles. The Bertz CT molecular complexity index is 990. The molecule has 0 bridgehead atoms. The van der Waals surface area contributed by atoms with E-state index in [1.165, 1.54) is 11.1 Å². The fraction of sp³-hybridized carbons (Fsp3) is 0.417. The third kappa shape index (κ3) is 3.32. The molecule has 1 aromatic heterocycles. The molecule has 4 heteroatoms. The van der Waals surface area contributed by atoms with Crippen molar-refractivity contribution in [2.45, 2.75) is 52.5 Å². The zero-order chi connectivity index (χ0) is 19.7. The molecule has 1 amide bonds. The number of fused-ring (bicyclic) bond motifs is 1. The molecule has 0 radical (unpaired) electrons. The molecule has 2 heterocycles. The van der Waals surface area contributed by atoms with Crippen molar-refractivity contribution in [3.05, 3.63) is 59.9 Å². The van der Waals surface area contributed by atoms with Gasteiger partial charge in [-0.2, -0.15) is 0 Å². The quantitative estimate of drug-likeness (QED) is 0.596. The topological polar surface area (TPSA) is 38.1 Å². The Morgan fingerprint density at radius 2 is 1.86 bits per heavy atom. The van der Waals surface area contributed by atoms with E-state index in [1.54, 1.807) is 0 Å². The van der Waals surface area contributed by atoms with E-state index in [1.807, 2.05) is 23.1 Å². The van der Waals surface area contributed by atoms with Crippen molar-refractivity contribution < 1.29 is 4.79 Å². The first-order valence-corrected chi connectivity index (χ1v) is 10.5. The Balaban J connectivity index is 1.71. The number of amides is 1. The van der Waals surface area contributed by atoms with E-state index in [0.29, 0.717) is 18.9 Å². The maximum atomic E-state index is 12.9. The molecule has 1 aliphatic rings. The van der Waals surface area contributed by atoms with Crippen LogP contribution in [0, 0.1) is 5.92 Å². The highest BCUT2D eigenvalue weighted by Crippen LogP contribution is 2.35. The van der Waals surface area contributed by atoms with Gasteiger partial charge in [0.1, 0.15) is 5.82 Å². The molecule has 1 aliphatic heterocycles. The fourth-order valence-corrected chi connectivity index (χ4v) is 4.22. The van der Waals surface area contributed by atoms with Gasteiger partial charge in [0.15, 0.2) is 0 Å². The molecule has 4 rings (SSSR count). The first-order valence-electron chi connectivity index (χ1n) is 10.5. The average Bonchev–Trinajstić information content (AvgIpc) is 3.28. The van der Waals surface area contributed by atoms with Crippen molar-refractivity contribution in [1.82, 2.24) is 9.55 Å². The molecule has 28 heavy (non-hydrogen) atoms. The third-order valence-corrected chi connectivity index (χ3v) is 6.03. The minimum atomic E-state index is 0.133. The van der Waals surface area contributed by atoms with Gasteiger partial charge in [0.2, 0.25) is 5.91 Å². The normalized spacial score (nSPS) is 18.2. The standard InChI is InChI=1S/C24H29N3O/c1-4-17(3)15-27-22-13-9-7-11-20(22)25-24(27)19-14-23(28)26(16-19)21-12-8-6-10-18(21)5-2/h6-13,17,19H,4-5,14-16H2,1-3H3. The number of rotatable bonds is 6. The molecular weight excluding hydrogens is 346 g/mol. The highest BCUT2D eigenvalue weighted by atomic mass is 16.2. The number of carbonyl (C=O) groups is 1. The number of imidazole rings is 1. The van der Waals surface area contributed by atoms with Crippen molar-refractivity contribution >= 4 is 22.6 Å². The average molecular weight is 376 g/mol. The fourth-order valence-electron chi connectivity index (χ4n) is 4.22. The molecule has 0 aliphatic carbocycles. The van der Waals surface area contributed by atoms with Gasteiger partial charge in [0.25, 0.3) is 0 Å². The molecule has 1 saturated heterocycles. The number of aryl methyl sites for hydroxylation is 1. The number of hydrogen-bond donors (Lipinski definition) is 0. The van der Waals surface area contributed by atoms with E-state index in [2.05, 4.69) is 55.7 Å². The summed E-state index contributed by atoms with van der Waals surface area (Å²) in [5.74, 6) is 1.97. The number of benzene rings is 2. The molecule has 4 nitrogen and oxygen atoms in total. The smallest absolute Gasteiger partial charge is 0.227 e. The van der Waals surface area contributed by atoms with Crippen molar-refractivity contribution in [2.24, 2.45) is 5.92 Å². The van der Waals surface area contributed by atoms with E-state index in [-0.39, 0.29) is 11.8 Å². The second kappa shape index (κ2) is 7.78. The minimum absolute atomic E-state index is 0.133. The van der Waals surface area contributed by atoms with Crippen LogP contribution in [0.5, 0.6) is 0 Å². The highest BCUT2D eigenvalue weighted by molar-refractivity contribution is 5.97. The van der Waals surface area contributed by atoms with Gasteiger partial charge in [-0.3, -0.25) is 4.79 Å². The Hall–Kier alpha value is -2.62. The van der Waals surface area contributed by atoms with Crippen molar-refractivity contribution in [1.29, 1.82) is 0 Å². The Labute approximate surface area is 167 Å². The lowest BCUT2D eigenvalue weighted by Crippen LogP contribution is -2.25. The first kappa shape index (κ1) is 18.7. The number of para-hydroxylation sites is 3. The number of anilines is 1. The summed E-state index contributed by atoms with van der Waals surface area (Å²) in [6, 6.07) is 16.6. The van der Waals surface area contributed by atoms with Crippen LogP contribution in [0.25, 0.3) is 11.0 Å². The highest BCUT2D eigenvalue weighted by Gasteiger charge is 2.35. The van der Waals surface area contributed by atoms with Crippen LogP contribution in [0.3, 0.4) is 0 Å². The Morgan fingerprint density at radius 3 is 2.64 bits per heavy atom. The Kier molecular flexibility index (Phi) is 5.21. The van der Waals surface area contributed by atoms with Crippen LogP contribution in [-0.2, 0) is 17.8 Å². The molecule has 2 atom stereocenters. The summed E-state index contributed by atoms with van der Waals surface area (Å²) in [4.78, 5) is 19.9. The van der Waals surface area contributed by atoms with Gasteiger partial charge < -0.3 is 9.47 Å². The van der Waals surface area contributed by atoms with Crippen LogP contribution in [-0.4, -0.2) is 22.0 Å². The molecule has 2 unspecified atom stereocenters. The molecule has 2 aromatic carbocycles. The first-order chi connectivity index (χ1) is 13.6. The molecule has 146 valence electrons. The van der Waals surface area contributed by atoms with E-state index >= 15 is 0 Å². The van der Waals surface area contributed by atoms with Gasteiger partial charge in [-0.25, -0.2) is 4.98 Å². The van der Waals surface area contributed by atoms with Crippen LogP contribution >= 0.6 is 0 Å². The van der Waals surface area contributed by atoms with Crippen molar-refractivity contribution in [3.63, 3.8) is 0 Å². The monoisotopic (exact) mass is 375 g/mol. The van der Waals surface area contributed by atoms with Crippen LogP contribution in [0.1, 0.15) is 50.9 Å². The van der Waals surface area contributed by atoms with Crippen molar-refractivity contribution in [2.75, 3.05) is 11.4 Å². The minimum Gasteiger partial charge on any atom is -0.327 e. The maximum Gasteiger partial charge on any atom is 0.227 e. The third-order valence-electron chi connectivity index (χ3n) is 6.03. The number of hydrogen-bond acceptors (Lipinski definition) is 2. The van der Waals surface area contributed by atoms with Crippen LogP contribution in [0.15, 0.2) is 48.5 Å². The maximum absolute atomic E-state index is 12.9. The molecule has 1 fully saturated rings. The summed E-state index contributed by atoms with van der Waals surface area (Å²) in [7, 11) is 0. The lowest BCUT2D eigenvalue weighted by molar-refractivity contribution is -0.117. The van der Waals surface area contributed by atoms with Gasteiger partial charge >= 0.3 is 0 Å². The predicted octanol–water partition coefficient (Wildman–Crippen LogP) is 5.17. The van der Waals surface area contributed by atoms with Gasteiger partial charge in [0.05, 0.1) is 11.0 Å². The van der Waals surface area contributed by atoms with Crippen LogP contribution in [0.2, 0.25) is 0 Å². The lowest BCUT2D eigenvalue weighted by atomic mass is 10.1. The SMILES string of the molecule is CCc1ccccc1N1CC(c2nc3ccccc3n2CC(C)CC)CC1=O. The summed E-state index contributed by atoms with van der Waals surface area (Å²) in [5.41, 5.74) is 4.49. The predicted molar refractivity (Wildman–Crippen MR) is 115 cm³/mol. The largest absolute Gasteiger partial charge is 0.327 e. The van der Waals surface area contributed by atoms with Crippen LogP contribution in [0.4, 0.5) is 5.69 Å². The molecule has 0 spiro atoms. The van der Waals surface area contributed by atoms with Crippen LogP contribution < -0.4 is 4.90 Å².